The van der Waals surface area contributed by atoms with Crippen molar-refractivity contribution in [1.82, 2.24) is 9.88 Å². The van der Waals surface area contributed by atoms with E-state index in [4.69, 9.17) is 14.5 Å². The molecule has 5 rings (SSSR count). The van der Waals surface area contributed by atoms with Crippen LogP contribution in [0.1, 0.15) is 84.6 Å². The van der Waals surface area contributed by atoms with Gasteiger partial charge in [-0.05, 0) is 93.6 Å². The first-order valence-corrected chi connectivity index (χ1v) is 18.2. The van der Waals surface area contributed by atoms with Gasteiger partial charge in [-0.2, -0.15) is 13.2 Å². The number of halogens is 3. The van der Waals surface area contributed by atoms with E-state index < -0.39 is 23.3 Å². The van der Waals surface area contributed by atoms with Crippen molar-refractivity contribution in [3.63, 3.8) is 0 Å². The molecule has 2 heterocycles. The maximum Gasteiger partial charge on any atom is 0.416 e. The third-order valence-corrected chi connectivity index (χ3v) is 10.3. The van der Waals surface area contributed by atoms with Crippen LogP contribution in [0, 0.1) is 6.92 Å². The molecule has 272 valence electrons. The Hall–Kier alpha value is -4.22. The molecular weight excluding hydrogens is 676 g/mol. The Bertz CT molecular complexity index is 1810. The molecular formula is C40H46F3N3O4S. The minimum absolute atomic E-state index is 0.0539. The summed E-state index contributed by atoms with van der Waals surface area (Å²) in [5.41, 5.74) is 3.32. The molecule has 1 aliphatic heterocycles. The lowest BCUT2D eigenvalue weighted by Gasteiger charge is -2.36. The topological polar surface area (TPSA) is 72.0 Å². The molecule has 51 heavy (non-hydrogen) atoms. The second kappa shape index (κ2) is 16.0. The second-order valence-corrected chi connectivity index (χ2v) is 14.8. The number of Topliss-reactive ketones (excluding diaryl/α,β-unsaturated/α-hetero) is 1. The van der Waals surface area contributed by atoms with Crippen molar-refractivity contribution in [2.45, 2.75) is 78.6 Å². The number of thiazole rings is 1. The standard InChI is InChI=1S/C40H46F3N3O4S/c1-7-49-38(48)39(5,6)50-35-18-12-30(24-27(35)4)34(47)17-19-36-33(44-37(51-36)29-8-13-31(14-9-29)40(41,42)43)25-45-20-22-46(23-21-45)32-15-10-28(11-16-32)26(2)3/h8-16,18,24,26H,7,17,19-23,25H2,1-6H3. The highest BCUT2D eigenvalue weighted by Gasteiger charge is 2.32. The predicted octanol–water partition coefficient (Wildman–Crippen LogP) is 9.12. The average Bonchev–Trinajstić information content (AvgIpc) is 3.50. The summed E-state index contributed by atoms with van der Waals surface area (Å²) in [4.78, 5) is 36.4. The fraction of sp³-hybridized carbons (Fsp3) is 0.425. The van der Waals surface area contributed by atoms with Crippen molar-refractivity contribution in [1.29, 1.82) is 0 Å². The van der Waals surface area contributed by atoms with Gasteiger partial charge in [0.1, 0.15) is 10.8 Å². The van der Waals surface area contributed by atoms with Crippen molar-refractivity contribution in [3.05, 3.63) is 99.6 Å². The van der Waals surface area contributed by atoms with Gasteiger partial charge in [0.05, 0.1) is 17.9 Å². The fourth-order valence-corrected chi connectivity index (χ4v) is 7.08. The summed E-state index contributed by atoms with van der Waals surface area (Å²) in [5, 5.41) is 0.631. The first-order chi connectivity index (χ1) is 24.1. The molecule has 1 aliphatic rings. The monoisotopic (exact) mass is 721 g/mol. The van der Waals surface area contributed by atoms with Crippen molar-refractivity contribution in [3.8, 4) is 16.3 Å². The van der Waals surface area contributed by atoms with Crippen LogP contribution in [0.15, 0.2) is 66.7 Å². The number of ether oxygens (including phenoxy) is 2. The summed E-state index contributed by atoms with van der Waals surface area (Å²) in [6.07, 6.45) is -3.74. The summed E-state index contributed by atoms with van der Waals surface area (Å²) in [7, 11) is 0. The molecule has 0 saturated carbocycles. The molecule has 1 fully saturated rings. The number of nitrogens with zero attached hydrogens (tertiary/aromatic N) is 3. The lowest BCUT2D eigenvalue weighted by molar-refractivity contribution is -0.158. The third-order valence-electron chi connectivity index (χ3n) is 9.12. The van der Waals surface area contributed by atoms with E-state index in [0.29, 0.717) is 40.8 Å². The molecule has 0 radical (unpaired) electrons. The van der Waals surface area contributed by atoms with Gasteiger partial charge in [-0.1, -0.05) is 38.1 Å². The maximum absolute atomic E-state index is 13.4. The van der Waals surface area contributed by atoms with Gasteiger partial charge in [0.15, 0.2) is 11.4 Å². The molecule has 0 spiro atoms. The summed E-state index contributed by atoms with van der Waals surface area (Å²) < 4.78 is 50.8. The molecule has 11 heteroatoms. The van der Waals surface area contributed by atoms with E-state index in [-0.39, 0.29) is 18.8 Å². The number of piperazine rings is 1. The Morgan fingerprint density at radius 1 is 0.941 bits per heavy atom. The van der Waals surface area contributed by atoms with Crippen LogP contribution in [0.2, 0.25) is 0 Å². The molecule has 0 N–H and O–H groups in total. The van der Waals surface area contributed by atoms with Gasteiger partial charge >= 0.3 is 12.1 Å². The zero-order valence-corrected chi connectivity index (χ0v) is 30.9. The Kier molecular flexibility index (Phi) is 11.9. The normalized spacial score (nSPS) is 14.2. The number of hydrogen-bond acceptors (Lipinski definition) is 8. The van der Waals surface area contributed by atoms with E-state index in [9.17, 15) is 22.8 Å². The molecule has 0 aliphatic carbocycles. The number of carbonyl (C=O) groups is 2. The molecule has 0 amide bonds. The number of esters is 1. The van der Waals surface area contributed by atoms with Crippen LogP contribution in [0.25, 0.3) is 10.6 Å². The molecule has 4 aromatic rings. The van der Waals surface area contributed by atoms with Crippen molar-refractivity contribution < 1.29 is 32.2 Å². The largest absolute Gasteiger partial charge is 0.476 e. The highest BCUT2D eigenvalue weighted by Crippen LogP contribution is 2.34. The van der Waals surface area contributed by atoms with E-state index in [1.54, 1.807) is 39.0 Å². The van der Waals surface area contributed by atoms with Crippen LogP contribution >= 0.6 is 11.3 Å². The van der Waals surface area contributed by atoms with Crippen LogP contribution in [-0.4, -0.2) is 60.0 Å². The van der Waals surface area contributed by atoms with Crippen molar-refractivity contribution in [2.24, 2.45) is 0 Å². The molecule has 3 aromatic carbocycles. The molecule has 0 atom stereocenters. The van der Waals surface area contributed by atoms with E-state index in [1.165, 1.54) is 34.7 Å². The summed E-state index contributed by atoms with van der Waals surface area (Å²) in [6, 6.07) is 19.0. The average molecular weight is 722 g/mol. The fourth-order valence-electron chi connectivity index (χ4n) is 6.00. The number of ketones is 1. The lowest BCUT2D eigenvalue weighted by atomic mass is 10.0. The highest BCUT2D eigenvalue weighted by atomic mass is 32.1. The van der Waals surface area contributed by atoms with Crippen LogP contribution in [0.4, 0.5) is 18.9 Å². The van der Waals surface area contributed by atoms with Crippen molar-refractivity contribution >= 4 is 28.8 Å². The molecule has 1 saturated heterocycles. The van der Waals surface area contributed by atoms with Crippen LogP contribution < -0.4 is 9.64 Å². The van der Waals surface area contributed by atoms with Crippen LogP contribution in [0.5, 0.6) is 5.75 Å². The Morgan fingerprint density at radius 2 is 1.61 bits per heavy atom. The lowest BCUT2D eigenvalue weighted by Crippen LogP contribution is -2.46. The molecule has 7 nitrogen and oxygen atoms in total. The number of aromatic nitrogens is 1. The summed E-state index contributed by atoms with van der Waals surface area (Å²) >= 11 is 1.43. The van der Waals surface area contributed by atoms with E-state index in [1.807, 2.05) is 6.92 Å². The quantitative estimate of drug-likeness (QED) is 0.101. The third kappa shape index (κ3) is 9.56. The number of benzene rings is 3. The Labute approximate surface area is 302 Å². The zero-order valence-electron chi connectivity index (χ0n) is 30.1. The number of hydrogen-bond donors (Lipinski definition) is 0. The molecule has 1 aromatic heterocycles. The van der Waals surface area contributed by atoms with Gasteiger partial charge in [0, 0.05) is 60.8 Å². The van der Waals surface area contributed by atoms with Crippen molar-refractivity contribution in [2.75, 3.05) is 37.7 Å². The Balaban J connectivity index is 1.29. The van der Waals surface area contributed by atoms with Gasteiger partial charge in [-0.25, -0.2) is 9.78 Å². The van der Waals surface area contributed by atoms with E-state index >= 15 is 0 Å². The SMILES string of the molecule is CCOC(=O)C(C)(C)Oc1ccc(C(=O)CCc2sc(-c3ccc(C(F)(F)F)cc3)nc2CN2CCN(c3ccc(C(C)C)cc3)CC2)cc1C. The molecule has 0 bridgehead atoms. The number of carbonyl (C=O) groups excluding carboxylic acids is 2. The van der Waals surface area contributed by atoms with Gasteiger partial charge in [0.25, 0.3) is 0 Å². The van der Waals surface area contributed by atoms with E-state index in [0.717, 1.165) is 54.4 Å². The highest BCUT2D eigenvalue weighted by molar-refractivity contribution is 7.15. The number of alkyl halides is 3. The van der Waals surface area contributed by atoms with Gasteiger partial charge < -0.3 is 14.4 Å². The second-order valence-electron chi connectivity index (χ2n) is 13.7. The summed E-state index contributed by atoms with van der Waals surface area (Å²) in [5.74, 6) is 0.441. The number of aryl methyl sites for hydroxylation is 2. The van der Waals surface area contributed by atoms with Gasteiger partial charge in [-0.3, -0.25) is 9.69 Å². The number of anilines is 1. The Morgan fingerprint density at radius 3 is 2.20 bits per heavy atom. The van der Waals surface area contributed by atoms with Crippen LogP contribution in [-0.2, 0) is 28.7 Å². The van der Waals surface area contributed by atoms with Gasteiger partial charge in [0.2, 0.25) is 0 Å². The first-order valence-electron chi connectivity index (χ1n) is 17.4. The zero-order chi connectivity index (χ0) is 36.9. The molecule has 0 unspecified atom stereocenters. The smallest absolute Gasteiger partial charge is 0.416 e. The minimum atomic E-state index is -4.42. The predicted molar refractivity (Wildman–Crippen MR) is 196 cm³/mol. The summed E-state index contributed by atoms with van der Waals surface area (Å²) in [6.45, 7) is 15.4. The minimum Gasteiger partial charge on any atom is -0.476 e. The first kappa shape index (κ1) is 38.0. The van der Waals surface area contributed by atoms with Crippen LogP contribution in [0.3, 0.4) is 0 Å². The van der Waals surface area contributed by atoms with Gasteiger partial charge in [-0.15, -0.1) is 11.3 Å². The maximum atomic E-state index is 13.4. The van der Waals surface area contributed by atoms with E-state index in [2.05, 4.69) is 47.9 Å². The number of rotatable bonds is 13.